The van der Waals surface area contributed by atoms with E-state index in [9.17, 15) is 0 Å². The zero-order chi connectivity index (χ0) is 11.4. The molecule has 0 aromatic heterocycles. The molecule has 0 fully saturated rings. The summed E-state index contributed by atoms with van der Waals surface area (Å²) in [5, 5.41) is 0. The molecule has 1 heteroatoms. The number of unbranched alkanes of at least 4 members (excludes halogenated alkanes) is 6. The predicted molar refractivity (Wildman–Crippen MR) is 71.7 cm³/mol. The molecule has 15 heavy (non-hydrogen) atoms. The second-order valence-electron chi connectivity index (χ2n) is 4.85. The van der Waals surface area contributed by atoms with Crippen molar-refractivity contribution in [1.29, 1.82) is 0 Å². The van der Waals surface area contributed by atoms with Crippen LogP contribution in [0.4, 0.5) is 0 Å². The lowest BCUT2D eigenvalue weighted by molar-refractivity contribution is 0.442. The summed E-state index contributed by atoms with van der Waals surface area (Å²) in [6.45, 7) is 4.67. The van der Waals surface area contributed by atoms with Gasteiger partial charge in [-0.1, -0.05) is 71.6 Å². The highest BCUT2D eigenvalue weighted by molar-refractivity contribution is 6.17. The molecular formula is C14H29Cl. The Morgan fingerprint density at radius 1 is 0.800 bits per heavy atom. The van der Waals surface area contributed by atoms with E-state index in [-0.39, 0.29) is 0 Å². The molecule has 0 amide bonds. The van der Waals surface area contributed by atoms with Crippen LogP contribution in [0.15, 0.2) is 0 Å². The van der Waals surface area contributed by atoms with Gasteiger partial charge in [0.15, 0.2) is 0 Å². The molecule has 0 nitrogen and oxygen atoms in total. The molecule has 0 saturated carbocycles. The standard InChI is InChI=1S/C14H29Cl/c1-3-4-5-6-7-8-11-14(2)12-9-10-13-15/h14H,3-13H2,1-2H3. The monoisotopic (exact) mass is 232 g/mol. The number of alkyl halides is 1. The van der Waals surface area contributed by atoms with E-state index in [0.29, 0.717) is 0 Å². The summed E-state index contributed by atoms with van der Waals surface area (Å²) in [7, 11) is 0. The molecule has 0 heterocycles. The van der Waals surface area contributed by atoms with Gasteiger partial charge in [-0.25, -0.2) is 0 Å². The highest BCUT2D eigenvalue weighted by atomic mass is 35.5. The molecular weight excluding hydrogens is 204 g/mol. The highest BCUT2D eigenvalue weighted by Gasteiger charge is 2.01. The van der Waals surface area contributed by atoms with Crippen LogP contribution < -0.4 is 0 Å². The second kappa shape index (κ2) is 12.4. The largest absolute Gasteiger partial charge is 0.127 e. The second-order valence-corrected chi connectivity index (χ2v) is 5.22. The Morgan fingerprint density at radius 2 is 1.33 bits per heavy atom. The van der Waals surface area contributed by atoms with Gasteiger partial charge in [-0.05, 0) is 12.3 Å². The Labute approximate surface area is 102 Å². The molecule has 0 spiro atoms. The maximum atomic E-state index is 5.66. The summed E-state index contributed by atoms with van der Waals surface area (Å²) in [4.78, 5) is 0. The van der Waals surface area contributed by atoms with Crippen molar-refractivity contribution in [3.8, 4) is 0 Å². The lowest BCUT2D eigenvalue weighted by atomic mass is 9.97. The first-order chi connectivity index (χ1) is 7.31. The van der Waals surface area contributed by atoms with Gasteiger partial charge in [0.05, 0.1) is 0 Å². The van der Waals surface area contributed by atoms with Gasteiger partial charge in [0.2, 0.25) is 0 Å². The summed E-state index contributed by atoms with van der Waals surface area (Å²) in [6.07, 6.45) is 13.9. The Kier molecular flexibility index (Phi) is 12.6. The first kappa shape index (κ1) is 15.3. The fourth-order valence-corrected chi connectivity index (χ4v) is 2.19. The SMILES string of the molecule is CCCCCCCCC(C)CCCCCl. The topological polar surface area (TPSA) is 0 Å². The highest BCUT2D eigenvalue weighted by Crippen LogP contribution is 2.17. The lowest BCUT2D eigenvalue weighted by Gasteiger charge is -2.10. The minimum Gasteiger partial charge on any atom is -0.127 e. The third-order valence-electron chi connectivity index (χ3n) is 3.13. The van der Waals surface area contributed by atoms with E-state index in [1.54, 1.807) is 0 Å². The molecule has 1 unspecified atom stereocenters. The van der Waals surface area contributed by atoms with Crippen molar-refractivity contribution in [3.05, 3.63) is 0 Å². The van der Waals surface area contributed by atoms with Crippen LogP contribution in [0.5, 0.6) is 0 Å². The molecule has 92 valence electrons. The van der Waals surface area contributed by atoms with Gasteiger partial charge in [-0.2, -0.15) is 0 Å². The Bertz CT molecular complexity index is 112. The van der Waals surface area contributed by atoms with Crippen molar-refractivity contribution in [2.45, 2.75) is 78.1 Å². The van der Waals surface area contributed by atoms with Gasteiger partial charge in [0.25, 0.3) is 0 Å². The third-order valence-corrected chi connectivity index (χ3v) is 3.40. The average molecular weight is 233 g/mol. The van der Waals surface area contributed by atoms with Crippen molar-refractivity contribution < 1.29 is 0 Å². The van der Waals surface area contributed by atoms with Crippen LogP contribution in [0.2, 0.25) is 0 Å². The van der Waals surface area contributed by atoms with Gasteiger partial charge in [-0.15, -0.1) is 11.6 Å². The van der Waals surface area contributed by atoms with Crippen LogP contribution in [-0.4, -0.2) is 5.88 Å². The molecule has 1 atom stereocenters. The number of hydrogen-bond acceptors (Lipinski definition) is 0. The first-order valence-electron chi connectivity index (χ1n) is 6.87. The van der Waals surface area contributed by atoms with Gasteiger partial charge in [0, 0.05) is 5.88 Å². The molecule has 0 aliphatic rings. The fourth-order valence-electron chi connectivity index (χ4n) is 2.00. The van der Waals surface area contributed by atoms with Crippen molar-refractivity contribution >= 4 is 11.6 Å². The van der Waals surface area contributed by atoms with E-state index >= 15 is 0 Å². The number of halogens is 1. The van der Waals surface area contributed by atoms with Crippen LogP contribution in [0, 0.1) is 5.92 Å². The smallest absolute Gasteiger partial charge is 0.0223 e. The molecule has 0 N–H and O–H groups in total. The van der Waals surface area contributed by atoms with E-state index in [4.69, 9.17) is 11.6 Å². The molecule has 0 aliphatic heterocycles. The van der Waals surface area contributed by atoms with Gasteiger partial charge in [-0.3, -0.25) is 0 Å². The van der Waals surface area contributed by atoms with Crippen molar-refractivity contribution in [3.63, 3.8) is 0 Å². The summed E-state index contributed by atoms with van der Waals surface area (Å²) < 4.78 is 0. The van der Waals surface area contributed by atoms with E-state index in [1.807, 2.05) is 0 Å². The summed E-state index contributed by atoms with van der Waals surface area (Å²) in [5.74, 6) is 1.75. The third kappa shape index (κ3) is 12.2. The van der Waals surface area contributed by atoms with Crippen LogP contribution in [0.25, 0.3) is 0 Å². The molecule has 0 aliphatic carbocycles. The van der Waals surface area contributed by atoms with E-state index < -0.39 is 0 Å². The maximum absolute atomic E-state index is 5.66. The zero-order valence-corrected chi connectivity index (χ0v) is 11.5. The van der Waals surface area contributed by atoms with Crippen LogP contribution in [0.1, 0.15) is 78.1 Å². The number of rotatable bonds is 11. The minimum absolute atomic E-state index is 0.837. The van der Waals surface area contributed by atoms with E-state index in [0.717, 1.165) is 11.8 Å². The summed E-state index contributed by atoms with van der Waals surface area (Å²) in [6, 6.07) is 0. The van der Waals surface area contributed by atoms with Gasteiger partial charge in [0.1, 0.15) is 0 Å². The Balaban J connectivity index is 3.06. The van der Waals surface area contributed by atoms with E-state index in [2.05, 4.69) is 13.8 Å². The first-order valence-corrected chi connectivity index (χ1v) is 7.40. The lowest BCUT2D eigenvalue weighted by Crippen LogP contribution is -1.95. The Morgan fingerprint density at radius 3 is 1.93 bits per heavy atom. The van der Waals surface area contributed by atoms with Crippen LogP contribution >= 0.6 is 11.6 Å². The van der Waals surface area contributed by atoms with Crippen molar-refractivity contribution in [1.82, 2.24) is 0 Å². The van der Waals surface area contributed by atoms with Crippen molar-refractivity contribution in [2.24, 2.45) is 5.92 Å². The minimum atomic E-state index is 0.837. The number of hydrogen-bond donors (Lipinski definition) is 0. The van der Waals surface area contributed by atoms with Gasteiger partial charge >= 0.3 is 0 Å². The molecule has 0 aromatic carbocycles. The molecule has 0 rings (SSSR count). The normalized spacial score (nSPS) is 13.0. The van der Waals surface area contributed by atoms with Crippen LogP contribution in [0.3, 0.4) is 0 Å². The summed E-state index contributed by atoms with van der Waals surface area (Å²) in [5.41, 5.74) is 0. The predicted octanol–water partition coefficient (Wildman–Crippen LogP) is 5.78. The molecule has 0 aromatic rings. The quantitative estimate of drug-likeness (QED) is 0.313. The molecule has 0 radical (unpaired) electrons. The molecule has 0 bridgehead atoms. The zero-order valence-electron chi connectivity index (χ0n) is 10.7. The fraction of sp³-hybridized carbons (Fsp3) is 1.00. The average Bonchev–Trinajstić information content (AvgIpc) is 2.23. The van der Waals surface area contributed by atoms with Crippen molar-refractivity contribution in [2.75, 3.05) is 5.88 Å². The Hall–Kier alpha value is 0.290. The van der Waals surface area contributed by atoms with Crippen LogP contribution in [-0.2, 0) is 0 Å². The maximum Gasteiger partial charge on any atom is 0.0223 e. The summed E-state index contributed by atoms with van der Waals surface area (Å²) >= 11 is 5.66. The van der Waals surface area contributed by atoms with E-state index in [1.165, 1.54) is 64.2 Å². The molecule has 0 saturated heterocycles. The van der Waals surface area contributed by atoms with Gasteiger partial charge < -0.3 is 0 Å².